The molecule has 4 nitrogen and oxygen atoms in total. The average Bonchev–Trinajstić information content (AvgIpc) is 2.60. The molecule has 0 unspecified atom stereocenters. The molecule has 2 rings (SSSR count). The van der Waals surface area contributed by atoms with E-state index >= 15 is 0 Å². The Hall–Kier alpha value is -1.91. The van der Waals surface area contributed by atoms with Crippen LogP contribution in [0.2, 0.25) is 5.02 Å². The lowest BCUT2D eigenvalue weighted by Crippen LogP contribution is -2.11. The van der Waals surface area contributed by atoms with E-state index in [4.69, 9.17) is 31.5 Å². The fourth-order valence-corrected chi connectivity index (χ4v) is 2.81. The van der Waals surface area contributed by atoms with Crippen molar-refractivity contribution in [2.24, 2.45) is 5.73 Å². The van der Waals surface area contributed by atoms with Crippen molar-refractivity contribution in [2.75, 3.05) is 19.8 Å². The molecular weight excluding hydrogens is 338 g/mol. The van der Waals surface area contributed by atoms with Crippen LogP contribution >= 0.6 is 11.6 Å². The van der Waals surface area contributed by atoms with E-state index < -0.39 is 0 Å². The minimum atomic E-state index is 0.369. The maximum Gasteiger partial charge on any atom is 0.179 e. The van der Waals surface area contributed by atoms with Crippen LogP contribution in [0.3, 0.4) is 0 Å². The molecule has 2 aromatic rings. The van der Waals surface area contributed by atoms with Crippen LogP contribution in [-0.4, -0.2) is 19.8 Å². The van der Waals surface area contributed by atoms with E-state index in [2.05, 4.69) is 19.9 Å². The van der Waals surface area contributed by atoms with Gasteiger partial charge in [-0.05, 0) is 42.2 Å². The predicted octanol–water partition coefficient (Wildman–Crippen LogP) is 4.78. The molecule has 0 aromatic heterocycles. The van der Waals surface area contributed by atoms with Gasteiger partial charge < -0.3 is 19.9 Å². The number of nitrogens with two attached hydrogens (primary N) is 1. The van der Waals surface area contributed by atoms with Crippen molar-refractivity contribution in [3.8, 4) is 17.2 Å². The second-order valence-electron chi connectivity index (χ2n) is 5.93. The third kappa shape index (κ3) is 5.28. The second kappa shape index (κ2) is 9.54. The third-order valence-corrected chi connectivity index (χ3v) is 4.01. The minimum absolute atomic E-state index is 0.369. The van der Waals surface area contributed by atoms with Gasteiger partial charge in [0.15, 0.2) is 11.5 Å². The van der Waals surface area contributed by atoms with Gasteiger partial charge in [0.2, 0.25) is 0 Å². The molecule has 0 atom stereocenters. The Kier molecular flexibility index (Phi) is 7.41. The Labute approximate surface area is 154 Å². The SMILES string of the molecule is CCOc1cc(CN)cc(Cl)c1OCCOc1ccccc1C(C)C. The molecule has 2 aromatic carbocycles. The predicted molar refractivity (Wildman–Crippen MR) is 102 cm³/mol. The summed E-state index contributed by atoms with van der Waals surface area (Å²) >= 11 is 6.31. The molecule has 0 aliphatic heterocycles. The number of hydrogen-bond donors (Lipinski definition) is 1. The van der Waals surface area contributed by atoms with Crippen LogP contribution < -0.4 is 19.9 Å². The van der Waals surface area contributed by atoms with Crippen molar-refractivity contribution >= 4 is 11.6 Å². The summed E-state index contributed by atoms with van der Waals surface area (Å²) in [6.45, 7) is 7.92. The highest BCUT2D eigenvalue weighted by Crippen LogP contribution is 2.36. The molecule has 0 heterocycles. The molecule has 0 spiro atoms. The summed E-state index contributed by atoms with van der Waals surface area (Å²) in [5, 5.41) is 0.494. The first-order chi connectivity index (χ1) is 12.1. The van der Waals surface area contributed by atoms with Crippen LogP contribution in [0.4, 0.5) is 0 Å². The fraction of sp³-hybridized carbons (Fsp3) is 0.400. The van der Waals surface area contributed by atoms with Gasteiger partial charge in [0.1, 0.15) is 19.0 Å². The van der Waals surface area contributed by atoms with E-state index in [0.29, 0.717) is 48.8 Å². The number of halogens is 1. The Morgan fingerprint density at radius 2 is 1.72 bits per heavy atom. The van der Waals surface area contributed by atoms with Gasteiger partial charge in [-0.25, -0.2) is 0 Å². The highest BCUT2D eigenvalue weighted by atomic mass is 35.5. The standard InChI is InChI=1S/C20H26ClNO3/c1-4-23-19-12-15(13-22)11-17(21)20(19)25-10-9-24-18-8-6-5-7-16(18)14(2)3/h5-8,11-12,14H,4,9-10,13,22H2,1-3H3. The van der Waals surface area contributed by atoms with Crippen LogP contribution in [0, 0.1) is 0 Å². The normalized spacial score (nSPS) is 10.8. The molecule has 0 amide bonds. The summed E-state index contributed by atoms with van der Waals surface area (Å²) in [5.74, 6) is 2.43. The number of ether oxygens (including phenoxy) is 3. The molecule has 0 saturated carbocycles. The summed E-state index contributed by atoms with van der Waals surface area (Å²) in [4.78, 5) is 0. The molecule has 0 aliphatic rings. The zero-order valence-corrected chi connectivity index (χ0v) is 15.8. The summed E-state index contributed by atoms with van der Waals surface area (Å²) in [7, 11) is 0. The smallest absolute Gasteiger partial charge is 0.179 e. The van der Waals surface area contributed by atoms with Gasteiger partial charge in [0.05, 0.1) is 11.6 Å². The van der Waals surface area contributed by atoms with Crippen LogP contribution in [0.25, 0.3) is 0 Å². The van der Waals surface area contributed by atoms with E-state index in [1.54, 1.807) is 6.07 Å². The molecular formula is C20H26ClNO3. The Morgan fingerprint density at radius 1 is 1.00 bits per heavy atom. The van der Waals surface area contributed by atoms with Gasteiger partial charge >= 0.3 is 0 Å². The number of rotatable bonds is 9. The molecule has 0 aliphatic carbocycles. The largest absolute Gasteiger partial charge is 0.490 e. The monoisotopic (exact) mass is 363 g/mol. The van der Waals surface area contributed by atoms with Gasteiger partial charge in [-0.1, -0.05) is 43.6 Å². The Morgan fingerprint density at radius 3 is 2.40 bits per heavy atom. The van der Waals surface area contributed by atoms with Crippen molar-refractivity contribution in [3.05, 3.63) is 52.5 Å². The molecule has 0 bridgehead atoms. The topological polar surface area (TPSA) is 53.7 Å². The van der Waals surface area contributed by atoms with Crippen molar-refractivity contribution in [3.63, 3.8) is 0 Å². The van der Waals surface area contributed by atoms with E-state index in [-0.39, 0.29) is 0 Å². The lowest BCUT2D eigenvalue weighted by Gasteiger charge is -2.16. The molecule has 136 valence electrons. The van der Waals surface area contributed by atoms with Crippen molar-refractivity contribution < 1.29 is 14.2 Å². The van der Waals surface area contributed by atoms with Gasteiger partial charge in [-0.15, -0.1) is 0 Å². The molecule has 0 fully saturated rings. The summed E-state index contributed by atoms with van der Waals surface area (Å²) in [6.07, 6.45) is 0. The highest BCUT2D eigenvalue weighted by Gasteiger charge is 2.13. The van der Waals surface area contributed by atoms with Gasteiger partial charge in [-0.2, -0.15) is 0 Å². The summed E-state index contributed by atoms with van der Waals surface area (Å²) in [5.41, 5.74) is 7.77. The zero-order chi connectivity index (χ0) is 18.2. The van der Waals surface area contributed by atoms with E-state index in [1.807, 2.05) is 31.2 Å². The van der Waals surface area contributed by atoms with Crippen molar-refractivity contribution in [1.29, 1.82) is 0 Å². The molecule has 2 N–H and O–H groups in total. The maximum absolute atomic E-state index is 6.31. The molecule has 0 radical (unpaired) electrons. The zero-order valence-electron chi connectivity index (χ0n) is 15.0. The third-order valence-electron chi connectivity index (χ3n) is 3.73. The van der Waals surface area contributed by atoms with Crippen LogP contribution in [0.5, 0.6) is 17.2 Å². The van der Waals surface area contributed by atoms with E-state index in [1.165, 1.54) is 5.56 Å². The van der Waals surface area contributed by atoms with Crippen molar-refractivity contribution in [1.82, 2.24) is 0 Å². The Balaban J connectivity index is 2.00. The van der Waals surface area contributed by atoms with Gasteiger partial charge in [0.25, 0.3) is 0 Å². The molecule has 25 heavy (non-hydrogen) atoms. The highest BCUT2D eigenvalue weighted by molar-refractivity contribution is 6.32. The van der Waals surface area contributed by atoms with Gasteiger partial charge in [-0.3, -0.25) is 0 Å². The number of para-hydroxylation sites is 1. The van der Waals surface area contributed by atoms with Crippen molar-refractivity contribution in [2.45, 2.75) is 33.2 Å². The average molecular weight is 364 g/mol. The fourth-order valence-electron chi connectivity index (χ4n) is 2.53. The minimum Gasteiger partial charge on any atom is -0.490 e. The van der Waals surface area contributed by atoms with E-state index in [9.17, 15) is 0 Å². The summed E-state index contributed by atoms with van der Waals surface area (Å²) < 4.78 is 17.3. The quantitative estimate of drug-likeness (QED) is 0.651. The maximum atomic E-state index is 6.31. The van der Waals surface area contributed by atoms with Crippen LogP contribution in [0.1, 0.15) is 37.8 Å². The molecule has 5 heteroatoms. The lowest BCUT2D eigenvalue weighted by atomic mass is 10.0. The Bertz CT molecular complexity index is 689. The first kappa shape index (κ1) is 19.4. The summed E-state index contributed by atoms with van der Waals surface area (Å²) in [6, 6.07) is 11.7. The van der Waals surface area contributed by atoms with Gasteiger partial charge in [0, 0.05) is 6.54 Å². The number of benzene rings is 2. The first-order valence-electron chi connectivity index (χ1n) is 8.56. The van der Waals surface area contributed by atoms with Crippen LogP contribution in [-0.2, 0) is 6.54 Å². The molecule has 0 saturated heterocycles. The number of hydrogen-bond acceptors (Lipinski definition) is 4. The first-order valence-corrected chi connectivity index (χ1v) is 8.94. The van der Waals surface area contributed by atoms with E-state index in [0.717, 1.165) is 11.3 Å². The second-order valence-corrected chi connectivity index (χ2v) is 6.34. The lowest BCUT2D eigenvalue weighted by molar-refractivity contribution is 0.207. The van der Waals surface area contributed by atoms with Crippen LogP contribution in [0.15, 0.2) is 36.4 Å².